The van der Waals surface area contributed by atoms with Crippen LogP contribution in [0, 0.1) is 5.41 Å². The molecule has 0 saturated heterocycles. The third kappa shape index (κ3) is 4.79. The SMILES string of the molecule is COCCC1(CNC(=O)CCc2ccccc2C(=O)O)CCC1. The van der Waals surface area contributed by atoms with Crippen molar-refractivity contribution in [2.45, 2.75) is 38.5 Å². The fourth-order valence-corrected chi connectivity index (χ4v) is 3.08. The lowest BCUT2D eigenvalue weighted by Crippen LogP contribution is -2.42. The summed E-state index contributed by atoms with van der Waals surface area (Å²) in [6.07, 6.45) is 5.22. The molecular formula is C18H25NO4. The molecule has 0 heterocycles. The van der Waals surface area contributed by atoms with Gasteiger partial charge in [0.1, 0.15) is 0 Å². The van der Waals surface area contributed by atoms with E-state index in [2.05, 4.69) is 5.32 Å². The second-order valence-electron chi connectivity index (χ2n) is 6.34. The predicted octanol–water partition coefficient (Wildman–Crippen LogP) is 2.64. The Kier molecular flexibility index (Phi) is 6.16. The van der Waals surface area contributed by atoms with E-state index in [0.717, 1.165) is 25.9 Å². The van der Waals surface area contributed by atoms with Crippen LogP contribution in [0.4, 0.5) is 0 Å². The zero-order valence-electron chi connectivity index (χ0n) is 13.6. The number of benzene rings is 1. The number of aromatic carboxylic acids is 1. The largest absolute Gasteiger partial charge is 0.478 e. The number of rotatable bonds is 9. The Morgan fingerprint density at radius 2 is 2.04 bits per heavy atom. The third-order valence-corrected chi connectivity index (χ3v) is 4.78. The van der Waals surface area contributed by atoms with Gasteiger partial charge < -0.3 is 15.2 Å². The summed E-state index contributed by atoms with van der Waals surface area (Å²) in [5.74, 6) is -0.970. The summed E-state index contributed by atoms with van der Waals surface area (Å²) < 4.78 is 5.15. The lowest BCUT2D eigenvalue weighted by Gasteiger charge is -2.42. The van der Waals surface area contributed by atoms with Crippen molar-refractivity contribution in [1.82, 2.24) is 5.32 Å². The fraction of sp³-hybridized carbons (Fsp3) is 0.556. The van der Waals surface area contributed by atoms with Crippen LogP contribution in [0.1, 0.15) is 48.0 Å². The monoisotopic (exact) mass is 319 g/mol. The Morgan fingerprint density at radius 3 is 2.65 bits per heavy atom. The van der Waals surface area contributed by atoms with E-state index < -0.39 is 5.97 Å². The van der Waals surface area contributed by atoms with E-state index in [9.17, 15) is 9.59 Å². The summed E-state index contributed by atoms with van der Waals surface area (Å²) in [4.78, 5) is 23.2. The minimum atomic E-state index is -0.950. The zero-order valence-corrected chi connectivity index (χ0v) is 13.6. The standard InChI is InChI=1S/C18H25NO4/c1-23-12-11-18(9-4-10-18)13-19-16(20)8-7-14-5-2-3-6-15(14)17(21)22/h2-3,5-6H,4,7-13H2,1H3,(H,19,20)(H,21,22). The number of amides is 1. The summed E-state index contributed by atoms with van der Waals surface area (Å²) in [5.41, 5.74) is 1.17. The molecule has 1 amide bonds. The summed E-state index contributed by atoms with van der Waals surface area (Å²) in [6, 6.07) is 6.84. The number of carbonyl (C=O) groups is 2. The maximum Gasteiger partial charge on any atom is 0.335 e. The molecule has 2 N–H and O–H groups in total. The number of hydrogen-bond acceptors (Lipinski definition) is 3. The van der Waals surface area contributed by atoms with Crippen molar-refractivity contribution in [3.05, 3.63) is 35.4 Å². The maximum atomic E-state index is 12.1. The first kappa shape index (κ1) is 17.5. The van der Waals surface area contributed by atoms with Crippen LogP contribution in [0.3, 0.4) is 0 Å². The Balaban J connectivity index is 1.80. The first-order valence-corrected chi connectivity index (χ1v) is 8.13. The average Bonchev–Trinajstić information content (AvgIpc) is 2.51. The molecule has 23 heavy (non-hydrogen) atoms. The van der Waals surface area contributed by atoms with Crippen LogP contribution >= 0.6 is 0 Å². The molecule has 1 saturated carbocycles. The maximum absolute atomic E-state index is 12.1. The number of aryl methyl sites for hydroxylation is 1. The lowest BCUT2D eigenvalue weighted by atomic mass is 9.66. The molecular weight excluding hydrogens is 294 g/mol. The third-order valence-electron chi connectivity index (χ3n) is 4.78. The van der Waals surface area contributed by atoms with Gasteiger partial charge in [-0.25, -0.2) is 4.79 Å². The van der Waals surface area contributed by atoms with Crippen molar-refractivity contribution >= 4 is 11.9 Å². The van der Waals surface area contributed by atoms with Crippen LogP contribution < -0.4 is 5.32 Å². The van der Waals surface area contributed by atoms with Gasteiger partial charge in [0.2, 0.25) is 5.91 Å². The minimum absolute atomic E-state index is 0.0196. The van der Waals surface area contributed by atoms with Gasteiger partial charge in [0, 0.05) is 26.7 Å². The van der Waals surface area contributed by atoms with Gasteiger partial charge in [0.05, 0.1) is 5.56 Å². The van der Waals surface area contributed by atoms with Crippen molar-refractivity contribution in [2.24, 2.45) is 5.41 Å². The fourth-order valence-electron chi connectivity index (χ4n) is 3.08. The van der Waals surface area contributed by atoms with Crippen molar-refractivity contribution in [1.29, 1.82) is 0 Å². The van der Waals surface area contributed by atoms with Crippen molar-refractivity contribution in [3.63, 3.8) is 0 Å². The van der Waals surface area contributed by atoms with Gasteiger partial charge in [-0.3, -0.25) is 4.79 Å². The molecule has 0 radical (unpaired) electrons. The molecule has 0 spiro atoms. The number of nitrogens with one attached hydrogen (secondary N) is 1. The summed E-state index contributed by atoms with van der Waals surface area (Å²) in [5, 5.41) is 12.2. The van der Waals surface area contributed by atoms with Gasteiger partial charge in [0.25, 0.3) is 0 Å². The molecule has 0 unspecified atom stereocenters. The Labute approximate surface area is 137 Å². The summed E-state index contributed by atoms with van der Waals surface area (Å²) >= 11 is 0. The van der Waals surface area contributed by atoms with Crippen LogP contribution in [-0.4, -0.2) is 37.2 Å². The van der Waals surface area contributed by atoms with Crippen LogP contribution in [-0.2, 0) is 16.0 Å². The van der Waals surface area contributed by atoms with Crippen molar-refractivity contribution in [2.75, 3.05) is 20.3 Å². The number of ether oxygens (including phenoxy) is 1. The van der Waals surface area contributed by atoms with Gasteiger partial charge in [-0.2, -0.15) is 0 Å². The second-order valence-corrected chi connectivity index (χ2v) is 6.34. The number of carbonyl (C=O) groups excluding carboxylic acids is 1. The molecule has 2 rings (SSSR count). The molecule has 5 heteroatoms. The quantitative estimate of drug-likeness (QED) is 0.733. The molecule has 1 aromatic carbocycles. The molecule has 1 aliphatic rings. The highest BCUT2D eigenvalue weighted by Gasteiger charge is 2.36. The predicted molar refractivity (Wildman–Crippen MR) is 87.5 cm³/mol. The highest BCUT2D eigenvalue weighted by Crippen LogP contribution is 2.43. The molecule has 5 nitrogen and oxygen atoms in total. The van der Waals surface area contributed by atoms with E-state index in [-0.39, 0.29) is 16.9 Å². The Morgan fingerprint density at radius 1 is 1.30 bits per heavy atom. The van der Waals surface area contributed by atoms with Gasteiger partial charge in [-0.1, -0.05) is 24.6 Å². The molecule has 126 valence electrons. The molecule has 0 aromatic heterocycles. The van der Waals surface area contributed by atoms with E-state index >= 15 is 0 Å². The second kappa shape index (κ2) is 8.11. The van der Waals surface area contributed by atoms with Gasteiger partial charge in [-0.05, 0) is 42.7 Å². The highest BCUT2D eigenvalue weighted by molar-refractivity contribution is 5.89. The average molecular weight is 319 g/mol. The van der Waals surface area contributed by atoms with Crippen LogP contribution in [0.5, 0.6) is 0 Å². The van der Waals surface area contributed by atoms with Crippen LogP contribution in [0.2, 0.25) is 0 Å². The lowest BCUT2D eigenvalue weighted by molar-refractivity contribution is -0.122. The topological polar surface area (TPSA) is 75.6 Å². The van der Waals surface area contributed by atoms with E-state index in [4.69, 9.17) is 9.84 Å². The van der Waals surface area contributed by atoms with Crippen LogP contribution in [0.25, 0.3) is 0 Å². The number of carboxylic acid groups (broad SMARTS) is 1. The Hall–Kier alpha value is -1.88. The first-order valence-electron chi connectivity index (χ1n) is 8.13. The van der Waals surface area contributed by atoms with E-state index in [0.29, 0.717) is 24.9 Å². The van der Waals surface area contributed by atoms with Crippen molar-refractivity contribution in [3.8, 4) is 0 Å². The summed E-state index contributed by atoms with van der Waals surface area (Å²) in [7, 11) is 1.70. The molecule has 1 fully saturated rings. The minimum Gasteiger partial charge on any atom is -0.478 e. The normalized spacial score (nSPS) is 15.7. The van der Waals surface area contributed by atoms with Gasteiger partial charge >= 0.3 is 5.97 Å². The number of carboxylic acids is 1. The molecule has 0 atom stereocenters. The van der Waals surface area contributed by atoms with Gasteiger partial charge in [0.15, 0.2) is 0 Å². The highest BCUT2D eigenvalue weighted by atomic mass is 16.5. The Bertz CT molecular complexity index is 552. The van der Waals surface area contributed by atoms with Crippen molar-refractivity contribution < 1.29 is 19.4 Å². The summed E-state index contributed by atoms with van der Waals surface area (Å²) in [6.45, 7) is 1.41. The number of methoxy groups -OCH3 is 1. The molecule has 1 aliphatic carbocycles. The zero-order chi connectivity index (χ0) is 16.7. The smallest absolute Gasteiger partial charge is 0.335 e. The molecule has 0 aliphatic heterocycles. The van der Waals surface area contributed by atoms with Gasteiger partial charge in [-0.15, -0.1) is 0 Å². The van der Waals surface area contributed by atoms with Crippen LogP contribution in [0.15, 0.2) is 24.3 Å². The number of hydrogen-bond donors (Lipinski definition) is 2. The molecule has 0 bridgehead atoms. The first-order chi connectivity index (χ1) is 11.1. The van der Waals surface area contributed by atoms with E-state index in [1.807, 2.05) is 0 Å². The molecule has 1 aromatic rings. The van der Waals surface area contributed by atoms with E-state index in [1.54, 1.807) is 31.4 Å². The van der Waals surface area contributed by atoms with E-state index in [1.165, 1.54) is 6.42 Å².